The van der Waals surface area contributed by atoms with E-state index in [2.05, 4.69) is 0 Å². The van der Waals surface area contributed by atoms with Crippen LogP contribution in [0, 0.1) is 5.82 Å². The van der Waals surface area contributed by atoms with Crippen molar-refractivity contribution in [2.24, 2.45) is 0 Å². The first-order valence-corrected chi connectivity index (χ1v) is 9.34. The minimum absolute atomic E-state index is 0.0374. The van der Waals surface area contributed by atoms with E-state index in [1.54, 1.807) is 6.07 Å². The van der Waals surface area contributed by atoms with Gasteiger partial charge < -0.3 is 0 Å². The van der Waals surface area contributed by atoms with Crippen molar-refractivity contribution in [3.05, 3.63) is 29.6 Å². The van der Waals surface area contributed by atoms with E-state index < -0.39 is 15.8 Å². The lowest BCUT2D eigenvalue weighted by Crippen LogP contribution is -2.40. The van der Waals surface area contributed by atoms with Gasteiger partial charge in [-0.1, -0.05) is 25.8 Å². The minimum Gasteiger partial charge on any atom is -0.207 e. The van der Waals surface area contributed by atoms with E-state index >= 15 is 0 Å². The number of benzene rings is 1. The van der Waals surface area contributed by atoms with Gasteiger partial charge in [-0.15, -0.1) is 11.6 Å². The molecule has 0 aliphatic carbocycles. The summed E-state index contributed by atoms with van der Waals surface area (Å²) >= 11 is 5.65. The van der Waals surface area contributed by atoms with Crippen LogP contribution in [0.4, 0.5) is 4.39 Å². The van der Waals surface area contributed by atoms with Crippen molar-refractivity contribution < 1.29 is 12.8 Å². The average Bonchev–Trinajstić information content (AvgIpc) is 2.72. The highest BCUT2D eigenvalue weighted by Crippen LogP contribution is 2.28. The summed E-state index contributed by atoms with van der Waals surface area (Å²) in [7, 11) is -3.79. The van der Waals surface area contributed by atoms with E-state index in [4.69, 9.17) is 11.6 Å². The Kier molecular flexibility index (Phi) is 5.63. The number of rotatable bonds is 4. The van der Waals surface area contributed by atoms with Gasteiger partial charge in [-0.3, -0.25) is 0 Å². The van der Waals surface area contributed by atoms with Crippen LogP contribution in [0.15, 0.2) is 23.1 Å². The maximum Gasteiger partial charge on any atom is 0.246 e. The Morgan fingerprint density at radius 1 is 1.33 bits per heavy atom. The third-order valence-corrected chi connectivity index (χ3v) is 6.33. The van der Waals surface area contributed by atoms with E-state index in [9.17, 15) is 12.8 Å². The van der Waals surface area contributed by atoms with Gasteiger partial charge in [-0.05, 0) is 37.0 Å². The van der Waals surface area contributed by atoms with Gasteiger partial charge in [-0.25, -0.2) is 12.8 Å². The highest BCUT2D eigenvalue weighted by molar-refractivity contribution is 7.89. The molecule has 21 heavy (non-hydrogen) atoms. The fraction of sp³-hybridized carbons (Fsp3) is 0.600. The second-order valence-electron chi connectivity index (χ2n) is 5.43. The summed E-state index contributed by atoms with van der Waals surface area (Å²) in [6.45, 7) is 2.45. The Balaban J connectivity index is 2.39. The number of sulfonamides is 1. The first kappa shape index (κ1) is 16.7. The Morgan fingerprint density at radius 2 is 2.10 bits per heavy atom. The zero-order chi connectivity index (χ0) is 15.5. The molecule has 1 aromatic rings. The van der Waals surface area contributed by atoms with Gasteiger partial charge in [0.25, 0.3) is 0 Å². The van der Waals surface area contributed by atoms with Crippen LogP contribution >= 0.6 is 11.6 Å². The number of alkyl halides is 1. The molecular weight excluding hydrogens is 313 g/mol. The largest absolute Gasteiger partial charge is 0.246 e. The second kappa shape index (κ2) is 7.07. The molecule has 2 rings (SSSR count). The normalized spacial score (nSPS) is 21.2. The van der Waals surface area contributed by atoms with Crippen LogP contribution < -0.4 is 0 Å². The van der Waals surface area contributed by atoms with Crippen molar-refractivity contribution in [3.63, 3.8) is 0 Å². The van der Waals surface area contributed by atoms with Crippen molar-refractivity contribution in [3.8, 4) is 0 Å². The molecule has 0 amide bonds. The van der Waals surface area contributed by atoms with Crippen molar-refractivity contribution in [2.75, 3.05) is 6.54 Å². The monoisotopic (exact) mass is 333 g/mol. The van der Waals surface area contributed by atoms with Crippen LogP contribution in [0.25, 0.3) is 0 Å². The average molecular weight is 334 g/mol. The summed E-state index contributed by atoms with van der Waals surface area (Å²) in [5.74, 6) is -0.550. The van der Waals surface area contributed by atoms with Crippen LogP contribution in [0.3, 0.4) is 0 Å². The first-order valence-electron chi connectivity index (χ1n) is 7.37. The number of halogens is 2. The molecule has 1 aliphatic heterocycles. The summed E-state index contributed by atoms with van der Waals surface area (Å²) < 4.78 is 41.2. The third-order valence-electron chi connectivity index (χ3n) is 4.03. The van der Waals surface area contributed by atoms with Gasteiger partial charge >= 0.3 is 0 Å². The zero-order valence-corrected chi connectivity index (χ0v) is 13.8. The van der Waals surface area contributed by atoms with Crippen molar-refractivity contribution >= 4 is 21.6 Å². The molecule has 0 bridgehead atoms. The summed E-state index contributed by atoms with van der Waals surface area (Å²) in [5, 5.41) is 0. The summed E-state index contributed by atoms with van der Waals surface area (Å²) in [6, 6.07) is 4.07. The second-order valence-corrected chi connectivity index (χ2v) is 7.55. The predicted octanol–water partition coefficient (Wildman–Crippen LogP) is 3.91. The molecule has 1 aliphatic rings. The molecule has 1 heterocycles. The molecule has 1 fully saturated rings. The zero-order valence-electron chi connectivity index (χ0n) is 12.2. The summed E-state index contributed by atoms with van der Waals surface area (Å²) in [4.78, 5) is -0.239. The molecule has 1 aromatic carbocycles. The molecule has 0 N–H and O–H groups in total. The van der Waals surface area contributed by atoms with Gasteiger partial charge in [0.1, 0.15) is 10.7 Å². The molecule has 6 heteroatoms. The molecule has 1 saturated heterocycles. The number of hydrogen-bond donors (Lipinski definition) is 0. The van der Waals surface area contributed by atoms with E-state index in [1.165, 1.54) is 16.4 Å². The lowest BCUT2D eigenvalue weighted by atomic mass is 10.1. The highest BCUT2D eigenvalue weighted by atomic mass is 35.5. The van der Waals surface area contributed by atoms with Gasteiger partial charge in [0.05, 0.1) is 0 Å². The topological polar surface area (TPSA) is 37.4 Å². The molecule has 3 nitrogen and oxygen atoms in total. The molecule has 0 spiro atoms. The van der Waals surface area contributed by atoms with Gasteiger partial charge in [-0.2, -0.15) is 4.31 Å². The lowest BCUT2D eigenvalue weighted by Gasteiger charge is -2.28. The molecule has 1 unspecified atom stereocenters. The fourth-order valence-corrected chi connectivity index (χ4v) is 4.82. The maximum absolute atomic E-state index is 14.2. The molecule has 0 radical (unpaired) electrons. The quantitative estimate of drug-likeness (QED) is 0.783. The Hall–Kier alpha value is -0.650. The van der Waals surface area contributed by atoms with E-state index in [0.29, 0.717) is 12.1 Å². The lowest BCUT2D eigenvalue weighted by molar-refractivity contribution is 0.313. The van der Waals surface area contributed by atoms with Gasteiger partial charge in [0.2, 0.25) is 10.0 Å². The molecule has 0 saturated carbocycles. The highest BCUT2D eigenvalue weighted by Gasteiger charge is 2.33. The van der Waals surface area contributed by atoms with Crippen LogP contribution in [-0.4, -0.2) is 25.3 Å². The van der Waals surface area contributed by atoms with Crippen LogP contribution in [-0.2, 0) is 15.9 Å². The molecule has 1 atom stereocenters. The van der Waals surface area contributed by atoms with E-state index in [1.807, 2.05) is 6.92 Å². The molecule has 0 aromatic heterocycles. The Bertz CT molecular complexity index is 591. The standard InChI is InChI=1S/C15H21ClFNO2S/c1-2-13-6-4-3-5-9-18(13)21(19,20)15-8-7-12(11-16)10-14(15)17/h7-8,10,13H,2-6,9,11H2,1H3. The summed E-state index contributed by atoms with van der Waals surface area (Å²) in [5.41, 5.74) is 0.580. The summed E-state index contributed by atoms with van der Waals surface area (Å²) in [6.07, 6.45) is 4.48. The van der Waals surface area contributed by atoms with E-state index in [-0.39, 0.29) is 16.8 Å². The van der Waals surface area contributed by atoms with Crippen molar-refractivity contribution in [1.29, 1.82) is 0 Å². The van der Waals surface area contributed by atoms with Gasteiger partial charge in [0.15, 0.2) is 0 Å². The van der Waals surface area contributed by atoms with Crippen LogP contribution in [0.2, 0.25) is 0 Å². The number of hydrogen-bond acceptors (Lipinski definition) is 2. The smallest absolute Gasteiger partial charge is 0.207 e. The third kappa shape index (κ3) is 3.58. The Morgan fingerprint density at radius 3 is 2.71 bits per heavy atom. The maximum atomic E-state index is 14.2. The van der Waals surface area contributed by atoms with E-state index in [0.717, 1.165) is 32.1 Å². The Labute approximate surface area is 131 Å². The van der Waals surface area contributed by atoms with Crippen molar-refractivity contribution in [1.82, 2.24) is 4.31 Å². The van der Waals surface area contributed by atoms with Crippen molar-refractivity contribution in [2.45, 2.75) is 55.8 Å². The fourth-order valence-electron chi connectivity index (χ4n) is 2.84. The molecular formula is C15H21ClFNO2S. The first-order chi connectivity index (χ1) is 10.0. The van der Waals surface area contributed by atoms with Crippen LogP contribution in [0.5, 0.6) is 0 Å². The van der Waals surface area contributed by atoms with Crippen LogP contribution in [0.1, 0.15) is 44.6 Å². The molecule has 118 valence electrons. The van der Waals surface area contributed by atoms with Gasteiger partial charge in [0, 0.05) is 18.5 Å². The number of nitrogens with zero attached hydrogens (tertiary/aromatic N) is 1. The minimum atomic E-state index is -3.79. The SMILES string of the molecule is CCC1CCCCCN1S(=O)(=O)c1ccc(CCl)cc1F. The predicted molar refractivity (Wildman–Crippen MR) is 82.4 cm³/mol.